The number of hydrogen-bond donors (Lipinski definition) is 0. The van der Waals surface area contributed by atoms with Crippen molar-refractivity contribution in [1.82, 2.24) is 19.3 Å². The lowest BCUT2D eigenvalue weighted by molar-refractivity contribution is 0.0530. The van der Waals surface area contributed by atoms with Gasteiger partial charge in [0.2, 0.25) is 0 Å². The van der Waals surface area contributed by atoms with Crippen LogP contribution in [0.5, 0.6) is 0 Å². The number of alkyl halides is 1. The monoisotopic (exact) mass is 310 g/mol. The number of imidazole rings is 1. The third kappa shape index (κ3) is 2.94. The minimum Gasteiger partial charge on any atom is -0.376 e. The second kappa shape index (κ2) is 6.36. The molecule has 3 rings (SSSR count). The molecule has 0 amide bonds. The van der Waals surface area contributed by atoms with Gasteiger partial charge in [-0.2, -0.15) is 5.10 Å². The van der Waals surface area contributed by atoms with Crippen LogP contribution in [0.4, 0.5) is 0 Å². The van der Waals surface area contributed by atoms with Crippen LogP contribution in [0.15, 0.2) is 0 Å². The maximum absolute atomic E-state index is 5.99. The van der Waals surface area contributed by atoms with Crippen molar-refractivity contribution in [2.75, 3.05) is 12.5 Å². The number of aromatic nitrogens is 4. The van der Waals surface area contributed by atoms with Crippen LogP contribution in [-0.2, 0) is 24.8 Å². The Labute approximate surface area is 130 Å². The van der Waals surface area contributed by atoms with Crippen LogP contribution in [0, 0.1) is 6.92 Å². The molecule has 5 nitrogen and oxygen atoms in total. The number of rotatable bonds is 6. The zero-order valence-corrected chi connectivity index (χ0v) is 13.6. The molecule has 1 fully saturated rings. The Balaban J connectivity index is 1.79. The molecule has 0 aromatic carbocycles. The quantitative estimate of drug-likeness (QED) is 0.771. The van der Waals surface area contributed by atoms with Gasteiger partial charge in [0.25, 0.3) is 0 Å². The van der Waals surface area contributed by atoms with Gasteiger partial charge < -0.3 is 9.30 Å². The zero-order chi connectivity index (χ0) is 14.8. The predicted octanol–water partition coefficient (Wildman–Crippen LogP) is 2.82. The van der Waals surface area contributed by atoms with Crippen LogP contribution in [0.3, 0.4) is 0 Å². The zero-order valence-electron chi connectivity index (χ0n) is 12.8. The summed E-state index contributed by atoms with van der Waals surface area (Å²) in [5.41, 5.74) is 3.03. The molecule has 116 valence electrons. The Morgan fingerprint density at radius 3 is 2.81 bits per heavy atom. The second-order valence-corrected chi connectivity index (χ2v) is 6.16. The fraction of sp³-hybridized carbons (Fsp3) is 0.733. The van der Waals surface area contributed by atoms with Gasteiger partial charge in [-0.1, -0.05) is 12.8 Å². The van der Waals surface area contributed by atoms with Crippen LogP contribution in [0.2, 0.25) is 0 Å². The van der Waals surface area contributed by atoms with Crippen molar-refractivity contribution in [3.05, 3.63) is 11.5 Å². The maximum atomic E-state index is 5.99. The average molecular weight is 311 g/mol. The molecule has 0 radical (unpaired) electrons. The number of fused-ring (bicyclic) bond motifs is 1. The van der Waals surface area contributed by atoms with Crippen LogP contribution in [0.25, 0.3) is 11.2 Å². The maximum Gasteiger partial charge on any atom is 0.158 e. The smallest absolute Gasteiger partial charge is 0.158 e. The van der Waals surface area contributed by atoms with E-state index < -0.39 is 0 Å². The van der Waals surface area contributed by atoms with Crippen LogP contribution < -0.4 is 0 Å². The second-order valence-electron chi connectivity index (χ2n) is 5.78. The highest BCUT2D eigenvalue weighted by Gasteiger charge is 2.18. The molecule has 21 heavy (non-hydrogen) atoms. The summed E-state index contributed by atoms with van der Waals surface area (Å²) in [4.78, 5) is 4.71. The number of aryl methyl sites for hydroxylation is 3. The van der Waals surface area contributed by atoms with Crippen molar-refractivity contribution in [3.63, 3.8) is 0 Å². The molecule has 1 saturated carbocycles. The third-order valence-corrected chi connectivity index (χ3v) is 4.45. The van der Waals surface area contributed by atoms with Crippen molar-refractivity contribution in [2.45, 2.75) is 51.7 Å². The fourth-order valence-corrected chi connectivity index (χ4v) is 3.42. The predicted molar refractivity (Wildman–Crippen MR) is 83.9 cm³/mol. The fourth-order valence-electron chi connectivity index (χ4n) is 3.26. The highest BCUT2D eigenvalue weighted by molar-refractivity contribution is 6.17. The van der Waals surface area contributed by atoms with E-state index in [1.807, 2.05) is 18.7 Å². The number of halogens is 1. The van der Waals surface area contributed by atoms with E-state index in [1.54, 1.807) is 0 Å². The summed E-state index contributed by atoms with van der Waals surface area (Å²) in [6, 6.07) is 0. The van der Waals surface area contributed by atoms with Gasteiger partial charge in [-0.3, -0.25) is 4.68 Å². The van der Waals surface area contributed by atoms with Gasteiger partial charge in [0.15, 0.2) is 5.65 Å². The lowest BCUT2D eigenvalue weighted by atomic mass is 10.3. The van der Waals surface area contributed by atoms with E-state index in [1.165, 1.54) is 25.7 Å². The molecule has 2 aromatic heterocycles. The molecule has 0 unspecified atom stereocenters. The highest BCUT2D eigenvalue weighted by atomic mass is 35.5. The Kier molecular flexibility index (Phi) is 4.50. The van der Waals surface area contributed by atoms with E-state index in [0.29, 0.717) is 12.0 Å². The first-order chi connectivity index (χ1) is 10.2. The Hall–Kier alpha value is -1.07. The van der Waals surface area contributed by atoms with Gasteiger partial charge in [-0.05, 0) is 19.8 Å². The molecule has 0 atom stereocenters. The van der Waals surface area contributed by atoms with Gasteiger partial charge in [0.1, 0.15) is 11.3 Å². The van der Waals surface area contributed by atoms with Gasteiger partial charge in [0.05, 0.1) is 18.4 Å². The molecule has 0 N–H and O–H groups in total. The molecular formula is C15H23ClN4O. The van der Waals surface area contributed by atoms with Gasteiger partial charge >= 0.3 is 0 Å². The lowest BCUT2D eigenvalue weighted by Gasteiger charge is -2.13. The number of nitrogens with zero attached hydrogens (tertiary/aromatic N) is 4. The topological polar surface area (TPSA) is 44.9 Å². The van der Waals surface area contributed by atoms with Crippen LogP contribution in [0.1, 0.15) is 37.2 Å². The van der Waals surface area contributed by atoms with Crippen molar-refractivity contribution < 1.29 is 4.74 Å². The summed E-state index contributed by atoms with van der Waals surface area (Å²) >= 11 is 5.91. The van der Waals surface area contributed by atoms with Crippen molar-refractivity contribution >= 4 is 22.8 Å². The molecule has 0 aliphatic heterocycles. The first-order valence-electron chi connectivity index (χ1n) is 7.77. The Morgan fingerprint density at radius 2 is 2.10 bits per heavy atom. The first kappa shape index (κ1) is 14.9. The van der Waals surface area contributed by atoms with E-state index in [4.69, 9.17) is 21.3 Å². The summed E-state index contributed by atoms with van der Waals surface area (Å²) < 4.78 is 10.1. The molecule has 1 aliphatic carbocycles. The lowest BCUT2D eigenvalue weighted by Crippen LogP contribution is -2.16. The van der Waals surface area contributed by atoms with E-state index in [9.17, 15) is 0 Å². The molecule has 6 heteroatoms. The molecule has 0 spiro atoms. The third-order valence-electron chi connectivity index (χ3n) is 4.26. The van der Waals surface area contributed by atoms with E-state index in [2.05, 4.69) is 9.67 Å². The molecular weight excluding hydrogens is 288 g/mol. The minimum absolute atomic E-state index is 0.453. The van der Waals surface area contributed by atoms with Crippen molar-refractivity contribution in [1.29, 1.82) is 0 Å². The average Bonchev–Trinajstić information content (AvgIpc) is 3.13. The van der Waals surface area contributed by atoms with Crippen LogP contribution in [-0.4, -0.2) is 37.9 Å². The van der Waals surface area contributed by atoms with E-state index in [0.717, 1.165) is 42.3 Å². The Bertz CT molecular complexity index is 613. The Morgan fingerprint density at radius 1 is 1.33 bits per heavy atom. The summed E-state index contributed by atoms with van der Waals surface area (Å²) in [5.74, 6) is 1.62. The molecule has 0 saturated heterocycles. The largest absolute Gasteiger partial charge is 0.376 e. The first-order valence-corrected chi connectivity index (χ1v) is 8.30. The van der Waals surface area contributed by atoms with E-state index >= 15 is 0 Å². The molecule has 0 bridgehead atoms. The van der Waals surface area contributed by atoms with Gasteiger partial charge in [0, 0.05) is 25.9 Å². The number of ether oxygens (including phenoxy) is 1. The SMILES string of the molecule is Cc1nn(C)c2c1nc(CCCl)n2CCOC1CCCC1. The summed E-state index contributed by atoms with van der Waals surface area (Å²) in [6.07, 6.45) is 6.25. The van der Waals surface area contributed by atoms with Crippen molar-refractivity contribution in [2.24, 2.45) is 7.05 Å². The van der Waals surface area contributed by atoms with Gasteiger partial charge in [-0.25, -0.2) is 4.98 Å². The highest BCUT2D eigenvalue weighted by Crippen LogP contribution is 2.22. The molecule has 2 heterocycles. The van der Waals surface area contributed by atoms with E-state index in [-0.39, 0.29) is 0 Å². The summed E-state index contributed by atoms with van der Waals surface area (Å²) in [5, 5.41) is 4.46. The summed E-state index contributed by atoms with van der Waals surface area (Å²) in [6.45, 7) is 3.55. The summed E-state index contributed by atoms with van der Waals surface area (Å²) in [7, 11) is 1.97. The molecule has 2 aromatic rings. The minimum atomic E-state index is 0.453. The molecule has 1 aliphatic rings. The van der Waals surface area contributed by atoms with Gasteiger partial charge in [-0.15, -0.1) is 11.6 Å². The number of hydrogen-bond acceptors (Lipinski definition) is 3. The normalized spacial score (nSPS) is 16.3. The van der Waals surface area contributed by atoms with Crippen molar-refractivity contribution in [3.8, 4) is 0 Å². The standard InChI is InChI=1S/C15H23ClN4O/c1-11-14-15(19(2)18-11)20(13(17-14)7-8-16)9-10-21-12-5-3-4-6-12/h12H,3-10H2,1-2H3. The van der Waals surface area contributed by atoms with Crippen LogP contribution >= 0.6 is 11.6 Å².